The zero-order valence-corrected chi connectivity index (χ0v) is 16.1. The Kier molecular flexibility index (Phi) is 7.86. The van der Waals surface area contributed by atoms with Crippen molar-refractivity contribution in [1.29, 1.82) is 0 Å². The molecule has 0 bridgehead atoms. The molecule has 138 valence electrons. The molecule has 0 heterocycles. The fraction of sp³-hybridized carbons (Fsp3) is 0.333. The Morgan fingerprint density at radius 2 is 1.92 bits per heavy atom. The predicted molar refractivity (Wildman–Crippen MR) is 109 cm³/mol. The third-order valence-electron chi connectivity index (χ3n) is 4.09. The van der Waals surface area contributed by atoms with Crippen LogP contribution in [0.4, 0.5) is 0 Å². The number of hydrogen-bond donors (Lipinski definition) is 2. The van der Waals surface area contributed by atoms with Crippen molar-refractivity contribution in [2.45, 2.75) is 26.3 Å². The Bertz CT molecular complexity index is 903. The molecule has 5 heteroatoms. The van der Waals surface area contributed by atoms with Crippen LogP contribution < -0.4 is 10.0 Å². The normalized spacial score (nSPS) is 12.8. The average molecular weight is 371 g/mol. The molecule has 0 radical (unpaired) electrons. The molecule has 0 aliphatic rings. The van der Waals surface area contributed by atoms with Crippen LogP contribution in [0.3, 0.4) is 0 Å². The van der Waals surface area contributed by atoms with Gasteiger partial charge in [0.15, 0.2) is 0 Å². The van der Waals surface area contributed by atoms with Crippen molar-refractivity contribution in [3.63, 3.8) is 0 Å². The topological polar surface area (TPSA) is 58.2 Å². The van der Waals surface area contributed by atoms with E-state index in [9.17, 15) is 8.42 Å². The molecular formula is C21H26N2O2S. The van der Waals surface area contributed by atoms with Crippen molar-refractivity contribution < 1.29 is 8.42 Å². The molecule has 0 aliphatic heterocycles. The molecule has 0 fully saturated rings. The van der Waals surface area contributed by atoms with Crippen LogP contribution in [0.15, 0.2) is 54.6 Å². The molecular weight excluding hydrogens is 344 g/mol. The fourth-order valence-corrected chi connectivity index (χ4v) is 3.22. The zero-order chi connectivity index (χ0) is 18.8. The number of fused-ring (bicyclic) bond motifs is 1. The molecule has 0 saturated carbocycles. The highest BCUT2D eigenvalue weighted by atomic mass is 32.2. The van der Waals surface area contributed by atoms with Gasteiger partial charge in [0.05, 0.1) is 5.75 Å². The average Bonchev–Trinajstić information content (AvgIpc) is 2.66. The number of rotatable bonds is 8. The lowest BCUT2D eigenvalue weighted by Gasteiger charge is -2.15. The van der Waals surface area contributed by atoms with E-state index < -0.39 is 10.0 Å². The zero-order valence-electron chi connectivity index (χ0n) is 15.3. The molecule has 2 rings (SSSR count). The summed E-state index contributed by atoms with van der Waals surface area (Å²) in [5.74, 6) is 5.96. The lowest BCUT2D eigenvalue weighted by atomic mass is 10.00. The molecule has 0 unspecified atom stereocenters. The summed E-state index contributed by atoms with van der Waals surface area (Å²) in [6.45, 7) is 4.85. The van der Waals surface area contributed by atoms with E-state index in [1.54, 1.807) is 13.0 Å². The molecule has 2 aromatic carbocycles. The van der Waals surface area contributed by atoms with Crippen LogP contribution in [-0.4, -0.2) is 27.3 Å². The third kappa shape index (κ3) is 6.30. The highest BCUT2D eigenvalue weighted by molar-refractivity contribution is 7.89. The second-order valence-electron chi connectivity index (χ2n) is 5.97. The van der Waals surface area contributed by atoms with Crippen LogP contribution in [0.25, 0.3) is 10.8 Å². The van der Waals surface area contributed by atoms with Gasteiger partial charge in [-0.3, -0.25) is 0 Å². The van der Waals surface area contributed by atoms with Gasteiger partial charge in [0.25, 0.3) is 0 Å². The number of allylic oxidation sites excluding steroid dienone is 1. The number of sulfonamides is 1. The SMILES string of the molecule is CCS(=O)(=O)NCCC#C/C=C/CN[C@H](C)c1cccc2ccccc12. The van der Waals surface area contributed by atoms with Crippen LogP contribution in [0.2, 0.25) is 0 Å². The van der Waals surface area contributed by atoms with Gasteiger partial charge >= 0.3 is 0 Å². The summed E-state index contributed by atoms with van der Waals surface area (Å²) in [6, 6.07) is 15.0. The Hall–Kier alpha value is -2.13. The third-order valence-corrected chi connectivity index (χ3v) is 5.49. The van der Waals surface area contributed by atoms with Gasteiger partial charge < -0.3 is 5.32 Å². The molecule has 2 N–H and O–H groups in total. The lowest BCUT2D eigenvalue weighted by molar-refractivity contribution is 0.584. The highest BCUT2D eigenvalue weighted by Crippen LogP contribution is 2.23. The molecule has 2 aromatic rings. The molecule has 1 atom stereocenters. The van der Waals surface area contributed by atoms with Gasteiger partial charge in [-0.15, -0.1) is 0 Å². The Morgan fingerprint density at radius 3 is 2.73 bits per heavy atom. The van der Waals surface area contributed by atoms with Gasteiger partial charge in [-0.25, -0.2) is 13.1 Å². The first-order valence-electron chi connectivity index (χ1n) is 8.85. The summed E-state index contributed by atoms with van der Waals surface area (Å²) in [5.41, 5.74) is 1.28. The van der Waals surface area contributed by atoms with Gasteiger partial charge in [-0.2, -0.15) is 0 Å². The van der Waals surface area contributed by atoms with Crippen molar-refractivity contribution in [1.82, 2.24) is 10.0 Å². The molecule has 4 nitrogen and oxygen atoms in total. The standard InChI is InChI=1S/C21H26N2O2S/c1-3-26(24,25)23-17-10-6-4-5-9-16-22-18(2)20-15-11-13-19-12-7-8-14-21(19)20/h5,7-9,11-15,18,22-23H,3,10,16-17H2,1-2H3/b9-5+/t18-/m1/s1. The molecule has 26 heavy (non-hydrogen) atoms. The van der Waals surface area contributed by atoms with Crippen molar-refractivity contribution in [3.05, 3.63) is 60.2 Å². The summed E-state index contributed by atoms with van der Waals surface area (Å²) in [7, 11) is -3.12. The lowest BCUT2D eigenvalue weighted by Crippen LogP contribution is -2.25. The smallest absolute Gasteiger partial charge is 0.211 e. The molecule has 0 amide bonds. The maximum atomic E-state index is 11.3. The van der Waals surface area contributed by atoms with Crippen LogP contribution in [0.1, 0.15) is 31.9 Å². The number of nitrogens with one attached hydrogen (secondary N) is 2. The molecule has 0 spiro atoms. The minimum Gasteiger partial charge on any atom is -0.307 e. The van der Waals surface area contributed by atoms with E-state index in [-0.39, 0.29) is 11.8 Å². The van der Waals surface area contributed by atoms with E-state index in [0.717, 1.165) is 6.54 Å². The van der Waals surface area contributed by atoms with Crippen LogP contribution in [-0.2, 0) is 10.0 Å². The second kappa shape index (κ2) is 10.1. The molecule has 0 saturated heterocycles. The maximum Gasteiger partial charge on any atom is 0.211 e. The monoisotopic (exact) mass is 370 g/mol. The van der Waals surface area contributed by atoms with Gasteiger partial charge in [-0.05, 0) is 36.3 Å². The molecule has 0 aliphatic carbocycles. The Labute approximate surface area is 156 Å². The van der Waals surface area contributed by atoms with Crippen molar-refractivity contribution in [2.75, 3.05) is 18.8 Å². The van der Waals surface area contributed by atoms with Crippen LogP contribution >= 0.6 is 0 Å². The van der Waals surface area contributed by atoms with Crippen molar-refractivity contribution in [2.24, 2.45) is 0 Å². The van der Waals surface area contributed by atoms with E-state index in [2.05, 4.69) is 71.3 Å². The van der Waals surface area contributed by atoms with Crippen molar-refractivity contribution in [3.8, 4) is 11.8 Å². The van der Waals surface area contributed by atoms with Crippen molar-refractivity contribution >= 4 is 20.8 Å². The highest BCUT2D eigenvalue weighted by Gasteiger charge is 2.07. The van der Waals surface area contributed by atoms with E-state index >= 15 is 0 Å². The van der Waals surface area contributed by atoms with E-state index in [4.69, 9.17) is 0 Å². The van der Waals surface area contributed by atoms with Gasteiger partial charge in [0.1, 0.15) is 0 Å². The molecule has 0 aromatic heterocycles. The summed E-state index contributed by atoms with van der Waals surface area (Å²) in [4.78, 5) is 0. The maximum absolute atomic E-state index is 11.3. The summed E-state index contributed by atoms with van der Waals surface area (Å²) >= 11 is 0. The predicted octanol–water partition coefficient (Wildman–Crippen LogP) is 3.38. The van der Waals surface area contributed by atoms with Crippen LogP contribution in [0, 0.1) is 11.8 Å². The summed E-state index contributed by atoms with van der Waals surface area (Å²) in [5, 5.41) is 5.99. The fourth-order valence-electron chi connectivity index (χ4n) is 2.60. The van der Waals surface area contributed by atoms with Crippen LogP contribution in [0.5, 0.6) is 0 Å². The number of benzene rings is 2. The van der Waals surface area contributed by atoms with E-state index in [0.29, 0.717) is 13.0 Å². The minimum absolute atomic E-state index is 0.0981. The van der Waals surface area contributed by atoms with E-state index in [1.165, 1.54) is 16.3 Å². The number of hydrogen-bond acceptors (Lipinski definition) is 3. The van der Waals surface area contributed by atoms with Gasteiger partial charge in [0.2, 0.25) is 10.0 Å². The first-order valence-corrected chi connectivity index (χ1v) is 10.5. The summed E-state index contributed by atoms with van der Waals surface area (Å²) < 4.78 is 25.0. The Balaban J connectivity index is 1.77. The van der Waals surface area contributed by atoms with Gasteiger partial charge in [0, 0.05) is 25.6 Å². The minimum atomic E-state index is -3.12. The first-order chi connectivity index (χ1) is 12.5. The summed E-state index contributed by atoms with van der Waals surface area (Å²) in [6.07, 6.45) is 4.28. The first kappa shape index (κ1) is 20.2. The van der Waals surface area contributed by atoms with E-state index in [1.807, 2.05) is 6.08 Å². The largest absolute Gasteiger partial charge is 0.307 e. The second-order valence-corrected chi connectivity index (χ2v) is 8.07. The van der Waals surface area contributed by atoms with Gasteiger partial charge in [-0.1, -0.05) is 60.4 Å². The Morgan fingerprint density at radius 1 is 1.15 bits per heavy atom. The quantitative estimate of drug-likeness (QED) is 0.553.